The molecule has 3 N–H and O–H groups in total. The van der Waals surface area contributed by atoms with Gasteiger partial charge in [-0.15, -0.1) is 24.0 Å². The zero-order valence-corrected chi connectivity index (χ0v) is 20.5. The highest BCUT2D eigenvalue weighted by molar-refractivity contribution is 14.0. The van der Waals surface area contributed by atoms with Crippen LogP contribution in [0.15, 0.2) is 17.1 Å². The highest BCUT2D eigenvalue weighted by atomic mass is 127. The molecular weight excluding hydrogens is 477 g/mol. The molecule has 2 aromatic rings. The number of amides is 1. The van der Waals surface area contributed by atoms with Crippen molar-refractivity contribution in [2.24, 2.45) is 4.99 Å². The predicted octanol–water partition coefficient (Wildman–Crippen LogP) is 3.78. The van der Waals surface area contributed by atoms with Crippen LogP contribution in [0.25, 0.3) is 10.9 Å². The summed E-state index contributed by atoms with van der Waals surface area (Å²) in [6, 6.07) is 4.70. The van der Waals surface area contributed by atoms with Gasteiger partial charge in [-0.05, 0) is 51.3 Å². The maximum atomic E-state index is 11.9. The second kappa shape index (κ2) is 10.3. The standard InChI is InChI=1S/C22H33N5O.HI/c1-6-20(28)27-9-8-18(13-27)26-22(23-7-2)24-12-17-10-14(3)11-19-15(4)16(5)25-21(17)19;/h10-11,18,25H,6-9,12-13H2,1-5H3,(H2,23,24,26);1H. The molecule has 6 nitrogen and oxygen atoms in total. The number of aromatic amines is 1. The highest BCUT2D eigenvalue weighted by Gasteiger charge is 2.25. The highest BCUT2D eigenvalue weighted by Crippen LogP contribution is 2.26. The molecular formula is C22H34IN5O. The quantitative estimate of drug-likeness (QED) is 0.325. The van der Waals surface area contributed by atoms with E-state index in [1.807, 2.05) is 11.8 Å². The molecule has 3 rings (SSSR count). The zero-order valence-electron chi connectivity index (χ0n) is 18.2. The van der Waals surface area contributed by atoms with Crippen LogP contribution < -0.4 is 10.6 Å². The number of aromatic nitrogens is 1. The van der Waals surface area contributed by atoms with Gasteiger partial charge >= 0.3 is 0 Å². The average Bonchev–Trinajstić information content (AvgIpc) is 3.25. The minimum atomic E-state index is 0. The van der Waals surface area contributed by atoms with Crippen LogP contribution in [0, 0.1) is 20.8 Å². The van der Waals surface area contributed by atoms with Crippen molar-refractivity contribution in [1.82, 2.24) is 20.5 Å². The minimum absolute atomic E-state index is 0. The van der Waals surface area contributed by atoms with Crippen LogP contribution in [-0.2, 0) is 11.3 Å². The number of benzene rings is 1. The first-order chi connectivity index (χ1) is 13.4. The van der Waals surface area contributed by atoms with Gasteiger partial charge in [-0.25, -0.2) is 4.99 Å². The fourth-order valence-corrected chi connectivity index (χ4v) is 3.92. The molecule has 160 valence electrons. The molecule has 1 aliphatic heterocycles. The lowest BCUT2D eigenvalue weighted by Gasteiger charge is -2.18. The second-order valence-corrected chi connectivity index (χ2v) is 7.74. The molecule has 1 aromatic heterocycles. The van der Waals surface area contributed by atoms with Gasteiger partial charge in [0.25, 0.3) is 0 Å². The van der Waals surface area contributed by atoms with Crippen molar-refractivity contribution < 1.29 is 4.79 Å². The summed E-state index contributed by atoms with van der Waals surface area (Å²) in [5, 5.41) is 8.14. The summed E-state index contributed by atoms with van der Waals surface area (Å²) in [5.41, 5.74) is 6.16. The third kappa shape index (κ3) is 5.43. The number of aliphatic imine (C=N–C) groups is 1. The Morgan fingerprint density at radius 3 is 2.72 bits per heavy atom. The van der Waals surface area contributed by atoms with Gasteiger partial charge in [0.15, 0.2) is 5.96 Å². The number of halogens is 1. The van der Waals surface area contributed by atoms with Gasteiger partial charge in [-0.2, -0.15) is 0 Å². The number of guanidine groups is 1. The Bertz CT molecular complexity index is 889. The number of fused-ring (bicyclic) bond motifs is 1. The SMILES string of the molecule is CCNC(=NCc1cc(C)cc2c(C)c(C)[nH]c12)NC1CCN(C(=O)CC)C1.I. The minimum Gasteiger partial charge on any atom is -0.358 e. The molecule has 0 aliphatic carbocycles. The number of rotatable bonds is 5. The number of likely N-dealkylation sites (tertiary alicyclic amines) is 1. The summed E-state index contributed by atoms with van der Waals surface area (Å²) in [7, 11) is 0. The summed E-state index contributed by atoms with van der Waals surface area (Å²) in [6.07, 6.45) is 1.53. The van der Waals surface area contributed by atoms with E-state index in [-0.39, 0.29) is 35.9 Å². The maximum absolute atomic E-state index is 11.9. The molecule has 1 unspecified atom stereocenters. The molecule has 1 aliphatic rings. The van der Waals surface area contributed by atoms with E-state index in [0.717, 1.165) is 32.0 Å². The second-order valence-electron chi connectivity index (χ2n) is 7.74. The molecule has 0 saturated carbocycles. The Morgan fingerprint density at radius 2 is 2.03 bits per heavy atom. The van der Waals surface area contributed by atoms with E-state index in [4.69, 9.17) is 4.99 Å². The summed E-state index contributed by atoms with van der Waals surface area (Å²) >= 11 is 0. The summed E-state index contributed by atoms with van der Waals surface area (Å²) < 4.78 is 0. The van der Waals surface area contributed by atoms with Gasteiger partial charge in [-0.1, -0.05) is 18.6 Å². The molecule has 1 aromatic carbocycles. The van der Waals surface area contributed by atoms with Crippen molar-refractivity contribution in [3.05, 3.63) is 34.5 Å². The largest absolute Gasteiger partial charge is 0.358 e. The van der Waals surface area contributed by atoms with E-state index in [1.54, 1.807) is 0 Å². The number of hydrogen-bond donors (Lipinski definition) is 3. The van der Waals surface area contributed by atoms with E-state index in [0.29, 0.717) is 13.0 Å². The number of H-pyrrole nitrogens is 1. The van der Waals surface area contributed by atoms with Crippen molar-refractivity contribution in [3.8, 4) is 0 Å². The molecule has 0 spiro atoms. The van der Waals surface area contributed by atoms with E-state index in [2.05, 4.69) is 55.4 Å². The van der Waals surface area contributed by atoms with Crippen molar-refractivity contribution in [2.75, 3.05) is 19.6 Å². The lowest BCUT2D eigenvalue weighted by Crippen LogP contribution is -2.45. The molecule has 1 amide bonds. The fraction of sp³-hybridized carbons (Fsp3) is 0.545. The molecule has 0 radical (unpaired) electrons. The van der Waals surface area contributed by atoms with Crippen LogP contribution in [0.3, 0.4) is 0 Å². The Kier molecular flexibility index (Phi) is 8.36. The van der Waals surface area contributed by atoms with Gasteiger partial charge in [-0.3, -0.25) is 4.79 Å². The lowest BCUT2D eigenvalue weighted by atomic mass is 10.0. The summed E-state index contributed by atoms with van der Waals surface area (Å²) in [5.74, 6) is 1.04. The van der Waals surface area contributed by atoms with Crippen molar-refractivity contribution in [1.29, 1.82) is 0 Å². The Labute approximate surface area is 190 Å². The number of nitrogens with one attached hydrogen (secondary N) is 3. The summed E-state index contributed by atoms with van der Waals surface area (Å²) in [6.45, 7) is 13.4. The maximum Gasteiger partial charge on any atom is 0.222 e. The monoisotopic (exact) mass is 511 g/mol. The first-order valence-corrected chi connectivity index (χ1v) is 10.3. The lowest BCUT2D eigenvalue weighted by molar-refractivity contribution is -0.129. The van der Waals surface area contributed by atoms with E-state index < -0.39 is 0 Å². The van der Waals surface area contributed by atoms with Gasteiger partial charge < -0.3 is 20.5 Å². The number of hydrogen-bond acceptors (Lipinski definition) is 2. The Balaban J connectivity index is 0.00000300. The molecule has 1 saturated heterocycles. The van der Waals surface area contributed by atoms with Gasteiger partial charge in [0.05, 0.1) is 12.1 Å². The first-order valence-electron chi connectivity index (χ1n) is 10.3. The van der Waals surface area contributed by atoms with E-state index in [9.17, 15) is 4.79 Å². The van der Waals surface area contributed by atoms with Gasteiger partial charge in [0, 0.05) is 43.2 Å². The van der Waals surface area contributed by atoms with E-state index in [1.165, 1.54) is 33.3 Å². The van der Waals surface area contributed by atoms with Crippen LogP contribution in [0.2, 0.25) is 0 Å². The predicted molar refractivity (Wildman–Crippen MR) is 131 cm³/mol. The van der Waals surface area contributed by atoms with Crippen LogP contribution in [0.5, 0.6) is 0 Å². The molecule has 29 heavy (non-hydrogen) atoms. The molecule has 0 bridgehead atoms. The average molecular weight is 511 g/mol. The van der Waals surface area contributed by atoms with Crippen molar-refractivity contribution >= 4 is 46.7 Å². The van der Waals surface area contributed by atoms with Crippen LogP contribution >= 0.6 is 24.0 Å². The third-order valence-electron chi connectivity index (χ3n) is 5.58. The molecule has 2 heterocycles. The number of carbonyl (C=O) groups is 1. The number of carbonyl (C=O) groups excluding carboxylic acids is 1. The molecule has 1 atom stereocenters. The third-order valence-corrected chi connectivity index (χ3v) is 5.58. The van der Waals surface area contributed by atoms with Crippen molar-refractivity contribution in [2.45, 2.75) is 60.0 Å². The van der Waals surface area contributed by atoms with Gasteiger partial charge in [0.1, 0.15) is 0 Å². The number of nitrogens with zero attached hydrogens (tertiary/aromatic N) is 2. The topological polar surface area (TPSA) is 72.5 Å². The van der Waals surface area contributed by atoms with Crippen LogP contribution in [0.1, 0.15) is 49.1 Å². The normalized spacial score (nSPS) is 16.8. The van der Waals surface area contributed by atoms with Crippen LogP contribution in [0.4, 0.5) is 0 Å². The Morgan fingerprint density at radius 1 is 1.28 bits per heavy atom. The first kappa shape index (κ1) is 23.5. The smallest absolute Gasteiger partial charge is 0.222 e. The fourth-order valence-electron chi connectivity index (χ4n) is 3.92. The van der Waals surface area contributed by atoms with E-state index >= 15 is 0 Å². The van der Waals surface area contributed by atoms with Crippen molar-refractivity contribution in [3.63, 3.8) is 0 Å². The molecule has 7 heteroatoms. The summed E-state index contributed by atoms with van der Waals surface area (Å²) in [4.78, 5) is 22.2. The van der Waals surface area contributed by atoms with Crippen LogP contribution in [-0.4, -0.2) is 47.4 Å². The Hall–Kier alpha value is -1.77. The molecule has 1 fully saturated rings. The number of aryl methyl sites for hydroxylation is 3. The zero-order chi connectivity index (χ0) is 20.3. The van der Waals surface area contributed by atoms with Gasteiger partial charge in [0.2, 0.25) is 5.91 Å².